The van der Waals surface area contributed by atoms with Crippen molar-refractivity contribution in [3.05, 3.63) is 11.8 Å². The third kappa shape index (κ3) is 5.70. The van der Waals surface area contributed by atoms with Gasteiger partial charge in [-0.2, -0.15) is 0 Å². The summed E-state index contributed by atoms with van der Waals surface area (Å²) in [7, 11) is 0. The fraction of sp³-hybridized carbons (Fsp3) is 0.824. The van der Waals surface area contributed by atoms with Gasteiger partial charge in [0.15, 0.2) is 0 Å². The van der Waals surface area contributed by atoms with Crippen LogP contribution in [0.4, 0.5) is 0 Å². The Morgan fingerprint density at radius 1 is 0.905 bits per heavy atom. The van der Waals surface area contributed by atoms with Crippen LogP contribution in [0.25, 0.3) is 0 Å². The highest BCUT2D eigenvalue weighted by Crippen LogP contribution is 2.19. The molecule has 0 spiro atoms. The van der Waals surface area contributed by atoms with Gasteiger partial charge in [0.1, 0.15) is 5.71 Å². The molecule has 0 saturated carbocycles. The zero-order valence-corrected chi connectivity index (χ0v) is 13.2. The van der Waals surface area contributed by atoms with Crippen molar-refractivity contribution < 1.29 is 9.94 Å². The molecular weight excluding hydrogens is 264 g/mol. The number of ether oxygens (including phenoxy) is 1. The second kappa shape index (κ2) is 9.82. The zero-order valence-electron chi connectivity index (χ0n) is 13.2. The van der Waals surface area contributed by atoms with E-state index in [1.807, 2.05) is 0 Å². The van der Waals surface area contributed by atoms with E-state index in [-0.39, 0.29) is 0 Å². The summed E-state index contributed by atoms with van der Waals surface area (Å²) in [5, 5.41) is 13.1. The Hall–Kier alpha value is -1.03. The molecule has 1 heterocycles. The summed E-state index contributed by atoms with van der Waals surface area (Å²) in [5.41, 5.74) is 2.02. The van der Waals surface area contributed by atoms with Gasteiger partial charge in [0.2, 0.25) is 0 Å². The van der Waals surface area contributed by atoms with Gasteiger partial charge in [-0.25, -0.2) is 0 Å². The third-order valence-corrected chi connectivity index (χ3v) is 4.47. The molecule has 1 fully saturated rings. The lowest BCUT2D eigenvalue weighted by molar-refractivity contribution is 0.0560. The van der Waals surface area contributed by atoms with Crippen molar-refractivity contribution in [3.8, 4) is 0 Å². The van der Waals surface area contributed by atoms with E-state index in [1.165, 1.54) is 44.9 Å². The highest BCUT2D eigenvalue weighted by molar-refractivity contribution is 5.99. The van der Waals surface area contributed by atoms with Crippen molar-refractivity contribution in [3.63, 3.8) is 0 Å². The fourth-order valence-corrected chi connectivity index (χ4v) is 3.20. The van der Waals surface area contributed by atoms with Crippen molar-refractivity contribution in [1.29, 1.82) is 0 Å². The first-order valence-corrected chi connectivity index (χ1v) is 8.66. The largest absolute Gasteiger partial charge is 0.411 e. The van der Waals surface area contributed by atoms with Crippen LogP contribution < -0.4 is 0 Å². The van der Waals surface area contributed by atoms with Crippen molar-refractivity contribution in [2.24, 2.45) is 5.16 Å². The molecular formula is C17H30N2O2. The molecule has 2 aliphatic rings. The van der Waals surface area contributed by atoms with Crippen LogP contribution in [0.15, 0.2) is 16.9 Å². The second-order valence-electron chi connectivity index (χ2n) is 6.10. The number of rotatable bonds is 1. The Kier molecular flexibility index (Phi) is 7.65. The lowest BCUT2D eigenvalue weighted by atomic mass is 10.0. The van der Waals surface area contributed by atoms with E-state index in [9.17, 15) is 5.21 Å². The quantitative estimate of drug-likeness (QED) is 0.588. The zero-order chi connectivity index (χ0) is 14.8. The standard InChI is InChI=1S/C17H30N2O2/c20-18-16-10-8-6-4-2-1-3-5-7-9-11-17(16)19-12-14-21-15-13-19/h11,20H,1-10,12-15H2/b17-11-,18-16+. The lowest BCUT2D eigenvalue weighted by Crippen LogP contribution is -2.38. The molecule has 4 heteroatoms. The van der Waals surface area contributed by atoms with E-state index >= 15 is 0 Å². The number of nitrogens with zero attached hydrogens (tertiary/aromatic N) is 2. The van der Waals surface area contributed by atoms with E-state index < -0.39 is 0 Å². The Bertz CT molecular complexity index is 347. The molecule has 21 heavy (non-hydrogen) atoms. The molecule has 0 aromatic heterocycles. The van der Waals surface area contributed by atoms with Crippen molar-refractivity contribution in [2.45, 2.75) is 64.2 Å². The number of morpholine rings is 1. The summed E-state index contributed by atoms with van der Waals surface area (Å²) < 4.78 is 5.44. The molecule has 0 bridgehead atoms. The number of allylic oxidation sites excluding steroid dienone is 2. The maximum absolute atomic E-state index is 9.44. The van der Waals surface area contributed by atoms with Crippen molar-refractivity contribution >= 4 is 5.71 Å². The molecule has 0 aromatic carbocycles. The van der Waals surface area contributed by atoms with E-state index in [0.29, 0.717) is 0 Å². The van der Waals surface area contributed by atoms with Gasteiger partial charge in [0.05, 0.1) is 18.9 Å². The minimum Gasteiger partial charge on any atom is -0.411 e. The molecule has 1 N–H and O–H groups in total. The number of oxime groups is 1. The Labute approximate surface area is 128 Å². The summed E-state index contributed by atoms with van der Waals surface area (Å²) in [6.07, 6.45) is 14.6. The Morgan fingerprint density at radius 3 is 2.19 bits per heavy atom. The molecule has 0 unspecified atom stereocenters. The van der Waals surface area contributed by atoms with Crippen LogP contribution in [-0.2, 0) is 4.74 Å². The summed E-state index contributed by atoms with van der Waals surface area (Å²) in [6, 6.07) is 0. The van der Waals surface area contributed by atoms with Crippen LogP contribution in [0.1, 0.15) is 64.2 Å². The van der Waals surface area contributed by atoms with Crippen LogP contribution in [0.5, 0.6) is 0 Å². The third-order valence-electron chi connectivity index (χ3n) is 4.47. The molecule has 0 amide bonds. The van der Waals surface area contributed by atoms with Crippen LogP contribution in [0, 0.1) is 0 Å². The highest BCUT2D eigenvalue weighted by Gasteiger charge is 2.18. The SMILES string of the molecule is O/N=C1CCCCCCCCCC\C=C\1N1CCOCC1. The van der Waals surface area contributed by atoms with Crippen LogP contribution in [0.2, 0.25) is 0 Å². The average molecular weight is 294 g/mol. The predicted molar refractivity (Wildman–Crippen MR) is 85.9 cm³/mol. The average Bonchev–Trinajstić information content (AvgIpc) is 2.56. The number of hydrogen-bond donors (Lipinski definition) is 1. The lowest BCUT2D eigenvalue weighted by Gasteiger charge is -2.31. The van der Waals surface area contributed by atoms with E-state index in [4.69, 9.17) is 4.74 Å². The van der Waals surface area contributed by atoms with Gasteiger partial charge in [-0.3, -0.25) is 0 Å². The molecule has 0 radical (unpaired) electrons. The molecule has 1 saturated heterocycles. The summed E-state index contributed by atoms with van der Waals surface area (Å²) in [4.78, 5) is 2.33. The van der Waals surface area contributed by atoms with Gasteiger partial charge in [-0.1, -0.05) is 49.8 Å². The minimum atomic E-state index is 0.774. The minimum absolute atomic E-state index is 0.774. The first-order valence-electron chi connectivity index (χ1n) is 8.66. The van der Waals surface area contributed by atoms with E-state index in [2.05, 4.69) is 16.1 Å². The number of hydrogen-bond acceptors (Lipinski definition) is 4. The second-order valence-corrected chi connectivity index (χ2v) is 6.10. The van der Waals surface area contributed by atoms with Crippen molar-refractivity contribution in [2.75, 3.05) is 26.3 Å². The van der Waals surface area contributed by atoms with Crippen LogP contribution >= 0.6 is 0 Å². The van der Waals surface area contributed by atoms with Gasteiger partial charge in [0.25, 0.3) is 0 Å². The predicted octanol–water partition coefficient (Wildman–Crippen LogP) is 3.95. The van der Waals surface area contributed by atoms with Crippen LogP contribution in [0.3, 0.4) is 0 Å². The smallest absolute Gasteiger partial charge is 0.102 e. The first-order chi connectivity index (χ1) is 10.4. The topological polar surface area (TPSA) is 45.1 Å². The highest BCUT2D eigenvalue weighted by atomic mass is 16.5. The van der Waals surface area contributed by atoms with Gasteiger partial charge >= 0.3 is 0 Å². The molecule has 120 valence electrons. The van der Waals surface area contributed by atoms with Crippen molar-refractivity contribution in [1.82, 2.24) is 4.90 Å². The molecule has 2 rings (SSSR count). The molecule has 0 aromatic rings. The molecule has 4 nitrogen and oxygen atoms in total. The maximum atomic E-state index is 9.44. The Balaban J connectivity index is 2.04. The van der Waals surface area contributed by atoms with Gasteiger partial charge < -0.3 is 14.8 Å². The van der Waals surface area contributed by atoms with Gasteiger partial charge in [0, 0.05) is 13.1 Å². The first kappa shape index (κ1) is 16.3. The monoisotopic (exact) mass is 294 g/mol. The molecule has 0 atom stereocenters. The maximum Gasteiger partial charge on any atom is 0.102 e. The normalized spacial score (nSPS) is 28.1. The molecule has 1 aliphatic carbocycles. The summed E-state index contributed by atoms with van der Waals surface area (Å²) in [5.74, 6) is 0. The van der Waals surface area contributed by atoms with E-state index in [1.54, 1.807) is 0 Å². The molecule has 1 aliphatic heterocycles. The Morgan fingerprint density at radius 2 is 1.52 bits per heavy atom. The summed E-state index contributed by atoms with van der Waals surface area (Å²) >= 11 is 0. The van der Waals surface area contributed by atoms with Gasteiger partial charge in [-0.15, -0.1) is 0 Å². The summed E-state index contributed by atoms with van der Waals surface area (Å²) in [6.45, 7) is 3.36. The fourth-order valence-electron chi connectivity index (χ4n) is 3.20. The van der Waals surface area contributed by atoms with Crippen LogP contribution in [-0.4, -0.2) is 42.1 Å². The van der Waals surface area contributed by atoms with E-state index in [0.717, 1.165) is 57.0 Å². The van der Waals surface area contributed by atoms with Gasteiger partial charge in [-0.05, 0) is 25.7 Å².